The van der Waals surface area contributed by atoms with Gasteiger partial charge in [-0.3, -0.25) is 9.69 Å². The van der Waals surface area contributed by atoms with Crippen molar-refractivity contribution in [2.24, 2.45) is 5.92 Å². The van der Waals surface area contributed by atoms with Crippen LogP contribution >= 0.6 is 12.2 Å². The zero-order valence-electron chi connectivity index (χ0n) is 16.9. The third-order valence-electron chi connectivity index (χ3n) is 5.54. The van der Waals surface area contributed by atoms with E-state index in [2.05, 4.69) is 5.32 Å². The van der Waals surface area contributed by atoms with Crippen LogP contribution in [0.3, 0.4) is 0 Å². The van der Waals surface area contributed by atoms with Crippen LogP contribution < -0.4 is 19.7 Å². The van der Waals surface area contributed by atoms with Gasteiger partial charge in [-0.15, -0.1) is 0 Å². The molecule has 0 amide bonds. The van der Waals surface area contributed by atoms with Gasteiger partial charge >= 0.3 is 5.97 Å². The summed E-state index contributed by atoms with van der Waals surface area (Å²) in [6.45, 7) is 6.00. The van der Waals surface area contributed by atoms with Gasteiger partial charge < -0.3 is 19.5 Å². The van der Waals surface area contributed by atoms with Gasteiger partial charge in [-0.05, 0) is 63.3 Å². The predicted molar refractivity (Wildman–Crippen MR) is 114 cm³/mol. The molecule has 3 unspecified atom stereocenters. The van der Waals surface area contributed by atoms with Gasteiger partial charge in [0.2, 0.25) is 5.72 Å². The number of esters is 1. The summed E-state index contributed by atoms with van der Waals surface area (Å²) in [5, 5.41) is 3.85. The van der Waals surface area contributed by atoms with Crippen molar-refractivity contribution in [2.45, 2.75) is 32.5 Å². The van der Waals surface area contributed by atoms with Crippen LogP contribution in [0, 0.1) is 12.8 Å². The molecule has 2 bridgehead atoms. The van der Waals surface area contributed by atoms with Crippen LogP contribution in [0.15, 0.2) is 42.5 Å². The molecule has 4 rings (SSSR count). The Bertz CT molecular complexity index is 962. The van der Waals surface area contributed by atoms with Crippen LogP contribution in [0.2, 0.25) is 0 Å². The normalized spacial score (nSPS) is 24.8. The minimum Gasteiger partial charge on any atom is -0.497 e. The maximum absolute atomic E-state index is 13.1. The Hall–Kier alpha value is -2.80. The number of fused-ring (bicyclic) bond motifs is 4. The number of anilines is 1. The van der Waals surface area contributed by atoms with Crippen LogP contribution in [0.5, 0.6) is 11.5 Å². The molecule has 0 aromatic heterocycles. The lowest BCUT2D eigenvalue weighted by atomic mass is 9.79. The number of nitrogens with one attached hydrogen (secondary N) is 1. The van der Waals surface area contributed by atoms with E-state index in [1.54, 1.807) is 14.0 Å². The lowest BCUT2D eigenvalue weighted by Gasteiger charge is -2.55. The van der Waals surface area contributed by atoms with Crippen LogP contribution in [-0.4, -0.2) is 30.5 Å². The van der Waals surface area contributed by atoms with Gasteiger partial charge in [0.25, 0.3) is 0 Å². The van der Waals surface area contributed by atoms with E-state index in [0.717, 1.165) is 16.8 Å². The second-order valence-corrected chi connectivity index (χ2v) is 7.78. The average molecular weight is 413 g/mol. The molecule has 0 spiro atoms. The van der Waals surface area contributed by atoms with Crippen LogP contribution in [0.25, 0.3) is 0 Å². The largest absolute Gasteiger partial charge is 0.497 e. The summed E-state index contributed by atoms with van der Waals surface area (Å²) < 4.78 is 17.3. The molecular formula is C22H24N2O4S. The fraction of sp³-hybridized carbons (Fsp3) is 0.364. The first-order valence-corrected chi connectivity index (χ1v) is 10.0. The van der Waals surface area contributed by atoms with E-state index in [0.29, 0.717) is 16.6 Å². The molecule has 2 aromatic rings. The van der Waals surface area contributed by atoms with Gasteiger partial charge in [0.1, 0.15) is 17.4 Å². The van der Waals surface area contributed by atoms with Crippen molar-refractivity contribution in [3.8, 4) is 11.5 Å². The Morgan fingerprint density at radius 3 is 2.66 bits per heavy atom. The first-order chi connectivity index (χ1) is 13.9. The molecule has 7 heteroatoms. The summed E-state index contributed by atoms with van der Waals surface area (Å²) in [6, 6.07) is 13.2. The number of rotatable bonds is 4. The molecule has 29 heavy (non-hydrogen) atoms. The minimum absolute atomic E-state index is 0.290. The highest BCUT2D eigenvalue weighted by Gasteiger charge is 2.59. The van der Waals surface area contributed by atoms with Gasteiger partial charge in [-0.1, -0.05) is 17.7 Å². The topological polar surface area (TPSA) is 60.0 Å². The average Bonchev–Trinajstić information content (AvgIpc) is 2.68. The lowest BCUT2D eigenvalue weighted by molar-refractivity contribution is -0.159. The quantitative estimate of drug-likeness (QED) is 0.607. The SMILES string of the molecule is CCOC(=O)C1C2NC(=S)N(c3ccc(C)cc3)C1(C)Oc1ccc(OC)cc12. The molecule has 6 nitrogen and oxygen atoms in total. The third-order valence-corrected chi connectivity index (χ3v) is 5.84. The molecule has 2 aromatic carbocycles. The van der Waals surface area contributed by atoms with Crippen LogP contribution in [0.4, 0.5) is 5.69 Å². The predicted octanol–water partition coefficient (Wildman–Crippen LogP) is 3.73. The number of aryl methyl sites for hydroxylation is 1. The number of ether oxygens (including phenoxy) is 3. The van der Waals surface area contributed by atoms with Crippen molar-refractivity contribution in [2.75, 3.05) is 18.6 Å². The maximum Gasteiger partial charge on any atom is 0.317 e. The van der Waals surface area contributed by atoms with E-state index in [9.17, 15) is 4.79 Å². The summed E-state index contributed by atoms with van der Waals surface area (Å²) >= 11 is 5.71. The van der Waals surface area contributed by atoms with E-state index in [1.807, 2.05) is 61.2 Å². The number of nitrogens with zero attached hydrogens (tertiary/aromatic N) is 1. The van der Waals surface area contributed by atoms with Crippen molar-refractivity contribution in [3.63, 3.8) is 0 Å². The molecule has 3 atom stereocenters. The summed E-state index contributed by atoms with van der Waals surface area (Å²) in [5.74, 6) is 0.411. The van der Waals surface area contributed by atoms with E-state index < -0.39 is 11.6 Å². The fourth-order valence-corrected chi connectivity index (χ4v) is 4.58. The Morgan fingerprint density at radius 1 is 1.28 bits per heavy atom. The highest BCUT2D eigenvalue weighted by atomic mass is 32.1. The minimum atomic E-state index is -1.05. The second-order valence-electron chi connectivity index (χ2n) is 7.39. The first-order valence-electron chi connectivity index (χ1n) is 9.60. The molecule has 1 fully saturated rings. The van der Waals surface area contributed by atoms with E-state index in [4.69, 9.17) is 26.4 Å². The zero-order chi connectivity index (χ0) is 20.8. The molecule has 1 saturated heterocycles. The van der Waals surface area contributed by atoms with Crippen molar-refractivity contribution in [3.05, 3.63) is 53.6 Å². The molecule has 0 aliphatic carbocycles. The first kappa shape index (κ1) is 19.5. The Balaban J connectivity index is 1.88. The van der Waals surface area contributed by atoms with Gasteiger partial charge in [0.05, 0.1) is 19.8 Å². The number of benzene rings is 2. The zero-order valence-corrected chi connectivity index (χ0v) is 17.7. The molecule has 1 N–H and O–H groups in total. The van der Waals surface area contributed by atoms with Crippen molar-refractivity contribution >= 4 is 29.0 Å². The van der Waals surface area contributed by atoms with Gasteiger partial charge in [0, 0.05) is 11.3 Å². The molecule has 2 aliphatic rings. The van der Waals surface area contributed by atoms with Crippen molar-refractivity contribution < 1.29 is 19.0 Å². The standard InChI is InChI=1S/C22H24N2O4S/c1-5-27-20(25)18-19-16-12-15(26-4)10-11-17(16)28-22(18,3)24(21(29)23-19)14-8-6-13(2)7-9-14/h6-12,18-19H,5H2,1-4H3,(H,23,29). The van der Waals surface area contributed by atoms with Crippen LogP contribution in [0.1, 0.15) is 31.0 Å². The number of carbonyl (C=O) groups excluding carboxylic acids is 1. The molecule has 2 heterocycles. The summed E-state index contributed by atoms with van der Waals surface area (Å²) in [7, 11) is 1.61. The number of hydrogen-bond donors (Lipinski definition) is 1. The fourth-order valence-electron chi connectivity index (χ4n) is 4.16. The second kappa shape index (κ2) is 7.22. The van der Waals surface area contributed by atoms with E-state index in [1.165, 1.54) is 0 Å². The number of hydrogen-bond acceptors (Lipinski definition) is 5. The van der Waals surface area contributed by atoms with Crippen molar-refractivity contribution in [1.29, 1.82) is 0 Å². The molecule has 0 radical (unpaired) electrons. The van der Waals surface area contributed by atoms with Crippen LogP contribution in [-0.2, 0) is 9.53 Å². The Labute approximate surface area is 175 Å². The monoisotopic (exact) mass is 412 g/mol. The lowest BCUT2D eigenvalue weighted by Crippen LogP contribution is -2.71. The summed E-state index contributed by atoms with van der Waals surface area (Å²) in [5.41, 5.74) is 1.76. The molecule has 152 valence electrons. The molecule has 0 saturated carbocycles. The van der Waals surface area contributed by atoms with Gasteiger partial charge in [-0.2, -0.15) is 0 Å². The number of thiocarbonyl (C=S) groups is 1. The van der Waals surface area contributed by atoms with E-state index in [-0.39, 0.29) is 18.6 Å². The number of carbonyl (C=O) groups is 1. The number of methoxy groups -OCH3 is 1. The molecule has 2 aliphatic heterocycles. The maximum atomic E-state index is 13.1. The third kappa shape index (κ3) is 3.09. The smallest absolute Gasteiger partial charge is 0.317 e. The summed E-state index contributed by atoms with van der Waals surface area (Å²) in [6.07, 6.45) is 0. The Kier molecular flexibility index (Phi) is 4.86. The van der Waals surface area contributed by atoms with E-state index >= 15 is 0 Å². The highest BCUT2D eigenvalue weighted by Crippen LogP contribution is 2.50. The Morgan fingerprint density at radius 2 is 2.00 bits per heavy atom. The van der Waals surface area contributed by atoms with Crippen molar-refractivity contribution in [1.82, 2.24) is 5.32 Å². The summed E-state index contributed by atoms with van der Waals surface area (Å²) in [4.78, 5) is 14.9. The molecular weight excluding hydrogens is 388 g/mol. The highest BCUT2D eigenvalue weighted by molar-refractivity contribution is 7.80. The van der Waals surface area contributed by atoms with Gasteiger partial charge in [-0.25, -0.2) is 0 Å². The van der Waals surface area contributed by atoms with Gasteiger partial charge in [0.15, 0.2) is 5.11 Å².